The van der Waals surface area contributed by atoms with Gasteiger partial charge >= 0.3 is 5.97 Å². The maximum Gasteiger partial charge on any atom is 0.338 e. The van der Waals surface area contributed by atoms with Gasteiger partial charge < -0.3 is 47.2 Å². The van der Waals surface area contributed by atoms with Crippen LogP contribution in [0.1, 0.15) is 58.0 Å². The van der Waals surface area contributed by atoms with Crippen molar-refractivity contribution in [1.82, 2.24) is 24.4 Å². The number of halogens is 1. The average Bonchev–Trinajstić information content (AvgIpc) is 4.00. The van der Waals surface area contributed by atoms with Crippen LogP contribution in [0.4, 0.5) is 0 Å². The van der Waals surface area contributed by atoms with Crippen molar-refractivity contribution in [2.24, 2.45) is 0 Å². The number of carbonyl (C=O) groups excluding carboxylic acids is 1. The molecular formula is C43H52ClN5O10S. The van der Waals surface area contributed by atoms with Crippen LogP contribution in [0.15, 0.2) is 60.4 Å². The number of nitrogens with zero attached hydrogens (tertiary/aromatic N) is 5. The zero-order valence-electron chi connectivity index (χ0n) is 34.3. The Morgan fingerprint density at radius 3 is 2.25 bits per heavy atom. The molecule has 60 heavy (non-hydrogen) atoms. The Labute approximate surface area is 358 Å². The SMILES string of the molecule is COCCOCCOCCOCCOCCOc1cc(C(=O)OC)cc2c1nc(CN1CCC(c3cccc4c3O[C@](C)(c3ccc(Cl)cn3)O4)CC1)n2Cc1cncs1. The number of pyridine rings is 1. The van der Waals surface area contributed by atoms with Gasteiger partial charge in [0, 0.05) is 36.9 Å². The van der Waals surface area contributed by atoms with E-state index >= 15 is 0 Å². The minimum atomic E-state index is -1.05. The number of piperidine rings is 1. The lowest BCUT2D eigenvalue weighted by Gasteiger charge is -2.32. The van der Waals surface area contributed by atoms with Gasteiger partial charge in [-0.25, -0.2) is 9.78 Å². The van der Waals surface area contributed by atoms with Gasteiger partial charge in [0.1, 0.15) is 29.4 Å². The Kier molecular flexibility index (Phi) is 15.6. The zero-order chi connectivity index (χ0) is 41.7. The highest BCUT2D eigenvalue weighted by Crippen LogP contribution is 2.49. The number of esters is 1. The molecule has 0 N–H and O–H groups in total. The molecule has 0 amide bonds. The molecule has 2 aromatic carbocycles. The minimum Gasteiger partial charge on any atom is -0.489 e. The molecule has 3 aromatic heterocycles. The molecule has 2 aliphatic rings. The number of hydrogen-bond donors (Lipinski definition) is 0. The molecule has 0 aliphatic carbocycles. The Morgan fingerprint density at radius 2 is 1.60 bits per heavy atom. The molecule has 0 saturated carbocycles. The van der Waals surface area contributed by atoms with Gasteiger partial charge in [-0.1, -0.05) is 23.7 Å². The van der Waals surface area contributed by atoms with Gasteiger partial charge in [0.05, 0.1) is 101 Å². The van der Waals surface area contributed by atoms with Crippen molar-refractivity contribution in [2.75, 3.05) is 93.4 Å². The van der Waals surface area contributed by atoms with E-state index in [1.54, 1.807) is 36.8 Å². The molecule has 5 aromatic rings. The van der Waals surface area contributed by atoms with Crippen LogP contribution in [0.2, 0.25) is 5.02 Å². The van der Waals surface area contributed by atoms with Crippen molar-refractivity contribution in [2.45, 2.75) is 44.6 Å². The Balaban J connectivity index is 0.976. The van der Waals surface area contributed by atoms with Crippen LogP contribution in [0, 0.1) is 0 Å². The number of aromatic nitrogens is 4. The fourth-order valence-electron chi connectivity index (χ4n) is 7.29. The molecule has 0 radical (unpaired) electrons. The molecule has 0 bridgehead atoms. The summed E-state index contributed by atoms with van der Waals surface area (Å²) in [4.78, 5) is 30.3. The molecule has 5 heterocycles. The van der Waals surface area contributed by atoms with Crippen LogP contribution < -0.4 is 14.2 Å². The van der Waals surface area contributed by atoms with E-state index in [0.29, 0.717) is 106 Å². The van der Waals surface area contributed by atoms with Crippen molar-refractivity contribution in [3.8, 4) is 17.2 Å². The predicted molar refractivity (Wildman–Crippen MR) is 224 cm³/mol. The van der Waals surface area contributed by atoms with Gasteiger partial charge in [-0.05, 0) is 62.2 Å². The van der Waals surface area contributed by atoms with Gasteiger partial charge in [0.15, 0.2) is 11.5 Å². The van der Waals surface area contributed by atoms with Crippen LogP contribution in [0.3, 0.4) is 0 Å². The second-order valence-electron chi connectivity index (χ2n) is 14.4. The van der Waals surface area contributed by atoms with E-state index in [-0.39, 0.29) is 12.5 Å². The number of imidazole rings is 1. The van der Waals surface area contributed by atoms with E-state index in [9.17, 15) is 4.79 Å². The number of benzene rings is 2. The summed E-state index contributed by atoms with van der Waals surface area (Å²) in [6.45, 7) is 9.22. The van der Waals surface area contributed by atoms with Crippen LogP contribution >= 0.6 is 22.9 Å². The number of rotatable bonds is 23. The van der Waals surface area contributed by atoms with Crippen LogP contribution in [-0.4, -0.2) is 124 Å². The topological polar surface area (TPSA) is 147 Å². The second-order valence-corrected chi connectivity index (χ2v) is 15.9. The maximum absolute atomic E-state index is 12.9. The molecular weight excluding hydrogens is 814 g/mol. The molecule has 0 spiro atoms. The van der Waals surface area contributed by atoms with E-state index in [2.05, 4.69) is 25.5 Å². The summed E-state index contributed by atoms with van der Waals surface area (Å²) in [6, 6.07) is 13.2. The van der Waals surface area contributed by atoms with Gasteiger partial charge in [-0.3, -0.25) is 14.9 Å². The lowest BCUT2D eigenvalue weighted by atomic mass is 9.88. The number of fused-ring (bicyclic) bond motifs is 2. The number of methoxy groups -OCH3 is 2. The average molecular weight is 866 g/mol. The third-order valence-electron chi connectivity index (χ3n) is 10.3. The third kappa shape index (κ3) is 11.1. The Hall–Kier alpha value is -4.39. The molecule has 15 nitrogen and oxygen atoms in total. The minimum absolute atomic E-state index is 0.254. The normalized spacial score (nSPS) is 16.8. The molecule has 17 heteroatoms. The number of carbonyl (C=O) groups is 1. The summed E-state index contributed by atoms with van der Waals surface area (Å²) in [5.74, 6) is 1.61. The number of hydrogen-bond acceptors (Lipinski definition) is 15. The number of para-hydroxylation sites is 1. The third-order valence-corrected chi connectivity index (χ3v) is 11.3. The first-order chi connectivity index (χ1) is 29.3. The molecule has 0 unspecified atom stereocenters. The highest BCUT2D eigenvalue weighted by atomic mass is 35.5. The summed E-state index contributed by atoms with van der Waals surface area (Å²) < 4.78 is 53.6. The van der Waals surface area contributed by atoms with Gasteiger partial charge in [0.25, 0.3) is 5.79 Å². The number of likely N-dealkylation sites (tertiary alicyclic amines) is 1. The fraction of sp³-hybridized carbons (Fsp3) is 0.488. The van der Waals surface area contributed by atoms with E-state index < -0.39 is 11.8 Å². The van der Waals surface area contributed by atoms with E-state index in [4.69, 9.17) is 59.2 Å². The summed E-state index contributed by atoms with van der Waals surface area (Å²) in [6.07, 6.45) is 5.32. The van der Waals surface area contributed by atoms with Crippen molar-refractivity contribution >= 4 is 39.9 Å². The first kappa shape index (κ1) is 43.7. The lowest BCUT2D eigenvalue weighted by molar-refractivity contribution is -0.0722. The van der Waals surface area contributed by atoms with Crippen LogP contribution in [0.25, 0.3) is 11.0 Å². The van der Waals surface area contributed by atoms with Gasteiger partial charge in [-0.15, -0.1) is 11.3 Å². The van der Waals surface area contributed by atoms with Crippen LogP contribution in [-0.2, 0) is 47.3 Å². The fourth-order valence-corrected chi connectivity index (χ4v) is 7.99. The number of thiazole rings is 1. The van der Waals surface area contributed by atoms with Crippen molar-refractivity contribution in [3.63, 3.8) is 0 Å². The largest absolute Gasteiger partial charge is 0.489 e. The standard InChI is InChI=1S/C43H52ClN5O10S/c1-43(38-8-7-32(44)25-46-38)58-36-6-4-5-34(41(36)59-43)30-9-11-48(12-10-30)28-39-47-40-35(49(39)27-33-26-45-29-60-33)23-31(42(50)52-3)24-37(40)57-22-21-56-20-19-55-18-17-54-16-15-53-14-13-51-2/h4-8,23-26,29-30H,9-22,27-28H2,1-3H3/t43-/m1/s1. The monoisotopic (exact) mass is 865 g/mol. The summed E-state index contributed by atoms with van der Waals surface area (Å²) >= 11 is 7.68. The second kappa shape index (κ2) is 21.4. The van der Waals surface area contributed by atoms with E-state index in [1.807, 2.05) is 42.9 Å². The molecule has 7 rings (SSSR count). The first-order valence-electron chi connectivity index (χ1n) is 20.1. The maximum atomic E-state index is 12.9. The zero-order valence-corrected chi connectivity index (χ0v) is 35.8. The summed E-state index contributed by atoms with van der Waals surface area (Å²) in [7, 11) is 3.01. The van der Waals surface area contributed by atoms with Crippen molar-refractivity contribution in [3.05, 3.63) is 92.9 Å². The molecule has 2 aliphatic heterocycles. The highest BCUT2D eigenvalue weighted by molar-refractivity contribution is 7.09. The molecule has 1 saturated heterocycles. The van der Waals surface area contributed by atoms with Crippen LogP contribution in [0.5, 0.6) is 17.2 Å². The van der Waals surface area contributed by atoms with E-state index in [1.165, 1.54) is 7.11 Å². The summed E-state index contributed by atoms with van der Waals surface area (Å²) in [5, 5.41) is 0.554. The molecule has 1 fully saturated rings. The Bertz CT molecular complexity index is 2130. The van der Waals surface area contributed by atoms with Gasteiger partial charge in [-0.2, -0.15) is 0 Å². The Morgan fingerprint density at radius 1 is 0.883 bits per heavy atom. The smallest absolute Gasteiger partial charge is 0.338 e. The highest BCUT2D eigenvalue weighted by Gasteiger charge is 2.42. The first-order valence-corrected chi connectivity index (χ1v) is 21.4. The number of ether oxygens (including phenoxy) is 9. The predicted octanol–water partition coefficient (Wildman–Crippen LogP) is 6.49. The molecule has 322 valence electrons. The van der Waals surface area contributed by atoms with E-state index in [0.717, 1.165) is 53.5 Å². The molecule has 1 atom stereocenters. The van der Waals surface area contributed by atoms with Crippen molar-refractivity contribution in [1.29, 1.82) is 0 Å². The van der Waals surface area contributed by atoms with Gasteiger partial charge in [0.2, 0.25) is 0 Å². The summed E-state index contributed by atoms with van der Waals surface area (Å²) in [5.41, 5.74) is 5.43. The lowest BCUT2D eigenvalue weighted by Crippen LogP contribution is -2.34. The quantitative estimate of drug-likeness (QED) is 0.0521. The van der Waals surface area contributed by atoms with Crippen molar-refractivity contribution < 1.29 is 47.4 Å².